The maximum Gasteiger partial charge on any atom is 0.246 e. The standard InChI is InChI=1S/C19H21FN4O3S/c1-13-3-5-15-16(11-13)22-19(21-15)23-7-9-24(10-8-23)28(25,26)18-12-14(20)4-6-17(18)27-2/h3-6,11-12H,7-10H2,1-2H3,(H,21,22). The van der Waals surface area contributed by atoms with Crippen molar-refractivity contribution < 1.29 is 17.5 Å². The van der Waals surface area contributed by atoms with Crippen molar-refractivity contribution >= 4 is 27.0 Å². The average molecular weight is 404 g/mol. The topological polar surface area (TPSA) is 78.5 Å². The molecule has 0 amide bonds. The fourth-order valence-corrected chi connectivity index (χ4v) is 4.98. The Morgan fingerprint density at radius 1 is 1.11 bits per heavy atom. The number of aromatic nitrogens is 2. The first-order chi connectivity index (χ1) is 13.4. The monoisotopic (exact) mass is 404 g/mol. The predicted octanol–water partition coefficient (Wildman–Crippen LogP) is 2.53. The maximum atomic E-state index is 13.6. The number of ether oxygens (including phenoxy) is 1. The SMILES string of the molecule is COc1ccc(F)cc1S(=O)(=O)N1CCN(c2nc3ccc(C)cc3[nH]2)CC1. The lowest BCUT2D eigenvalue weighted by Crippen LogP contribution is -2.49. The summed E-state index contributed by atoms with van der Waals surface area (Å²) >= 11 is 0. The van der Waals surface area contributed by atoms with E-state index in [1.54, 1.807) is 0 Å². The molecule has 28 heavy (non-hydrogen) atoms. The van der Waals surface area contributed by atoms with E-state index in [0.29, 0.717) is 13.1 Å². The van der Waals surface area contributed by atoms with Gasteiger partial charge in [0.05, 0.1) is 18.1 Å². The summed E-state index contributed by atoms with van der Waals surface area (Å²) in [6.45, 7) is 3.53. The van der Waals surface area contributed by atoms with E-state index in [9.17, 15) is 12.8 Å². The van der Waals surface area contributed by atoms with Gasteiger partial charge in [0.15, 0.2) is 0 Å². The van der Waals surface area contributed by atoms with Crippen LogP contribution in [0.5, 0.6) is 5.75 Å². The number of aryl methyl sites for hydroxylation is 1. The Morgan fingerprint density at radius 2 is 1.86 bits per heavy atom. The van der Waals surface area contributed by atoms with Gasteiger partial charge in [-0.2, -0.15) is 4.31 Å². The number of nitrogens with one attached hydrogen (secondary N) is 1. The summed E-state index contributed by atoms with van der Waals surface area (Å²) in [4.78, 5) is 9.76. The highest BCUT2D eigenvalue weighted by atomic mass is 32.2. The van der Waals surface area contributed by atoms with Gasteiger partial charge in [-0.3, -0.25) is 0 Å². The van der Waals surface area contributed by atoms with Crippen molar-refractivity contribution in [2.75, 3.05) is 38.2 Å². The third-order valence-corrected chi connectivity index (χ3v) is 6.83. The van der Waals surface area contributed by atoms with E-state index in [-0.39, 0.29) is 23.7 Å². The molecule has 0 atom stereocenters. The van der Waals surface area contributed by atoms with E-state index < -0.39 is 15.8 Å². The number of hydrogen-bond donors (Lipinski definition) is 1. The van der Waals surface area contributed by atoms with Crippen molar-refractivity contribution in [2.24, 2.45) is 0 Å². The lowest BCUT2D eigenvalue weighted by Gasteiger charge is -2.34. The molecule has 1 aliphatic heterocycles. The van der Waals surface area contributed by atoms with E-state index in [2.05, 4.69) is 9.97 Å². The highest BCUT2D eigenvalue weighted by Gasteiger charge is 2.32. The number of piperazine rings is 1. The number of halogens is 1. The van der Waals surface area contributed by atoms with E-state index >= 15 is 0 Å². The van der Waals surface area contributed by atoms with Crippen LogP contribution in [0, 0.1) is 12.7 Å². The number of sulfonamides is 1. The first-order valence-electron chi connectivity index (χ1n) is 8.93. The molecule has 0 aliphatic carbocycles. The molecule has 1 aliphatic rings. The predicted molar refractivity (Wildman–Crippen MR) is 105 cm³/mol. The fourth-order valence-electron chi connectivity index (χ4n) is 3.39. The Bertz CT molecular complexity index is 1120. The molecule has 1 aromatic heterocycles. The zero-order chi connectivity index (χ0) is 19.9. The van der Waals surface area contributed by atoms with Crippen molar-refractivity contribution in [3.63, 3.8) is 0 Å². The molecule has 2 heterocycles. The van der Waals surface area contributed by atoms with Crippen molar-refractivity contribution in [1.82, 2.24) is 14.3 Å². The molecule has 1 fully saturated rings. The van der Waals surface area contributed by atoms with Crippen LogP contribution < -0.4 is 9.64 Å². The number of H-pyrrole nitrogens is 1. The molecule has 0 spiro atoms. The lowest BCUT2D eigenvalue weighted by atomic mass is 10.2. The number of imidazole rings is 1. The van der Waals surface area contributed by atoms with E-state index in [1.165, 1.54) is 23.5 Å². The second-order valence-corrected chi connectivity index (χ2v) is 8.67. The molecule has 7 nitrogen and oxygen atoms in total. The van der Waals surface area contributed by atoms with Gasteiger partial charge in [-0.1, -0.05) is 6.07 Å². The zero-order valence-corrected chi connectivity index (χ0v) is 16.5. The zero-order valence-electron chi connectivity index (χ0n) is 15.6. The van der Waals surface area contributed by atoms with Crippen molar-refractivity contribution in [3.8, 4) is 5.75 Å². The summed E-state index contributed by atoms with van der Waals surface area (Å²) < 4.78 is 46.1. The number of fused-ring (bicyclic) bond motifs is 1. The van der Waals surface area contributed by atoms with Crippen molar-refractivity contribution in [2.45, 2.75) is 11.8 Å². The van der Waals surface area contributed by atoms with Crippen LogP contribution in [-0.4, -0.2) is 56.0 Å². The summed E-state index contributed by atoms with van der Waals surface area (Å²) in [5.41, 5.74) is 2.97. The van der Waals surface area contributed by atoms with Crippen LogP contribution in [0.15, 0.2) is 41.3 Å². The molecule has 1 N–H and O–H groups in total. The first kappa shape index (κ1) is 18.7. The smallest absolute Gasteiger partial charge is 0.246 e. The molecule has 2 aromatic carbocycles. The molecule has 0 bridgehead atoms. The number of anilines is 1. The number of methoxy groups -OCH3 is 1. The summed E-state index contributed by atoms with van der Waals surface area (Å²) in [6, 6.07) is 9.50. The van der Waals surface area contributed by atoms with Crippen LogP contribution in [0.1, 0.15) is 5.56 Å². The minimum Gasteiger partial charge on any atom is -0.495 e. The van der Waals surface area contributed by atoms with Gasteiger partial charge >= 0.3 is 0 Å². The molecule has 1 saturated heterocycles. The largest absolute Gasteiger partial charge is 0.495 e. The Kier molecular flexibility index (Phi) is 4.72. The van der Waals surface area contributed by atoms with E-state index in [0.717, 1.165) is 28.6 Å². The summed E-state index contributed by atoms with van der Waals surface area (Å²) in [6.07, 6.45) is 0. The molecule has 148 valence electrons. The number of benzene rings is 2. The molecule has 0 saturated carbocycles. The van der Waals surface area contributed by atoms with Gasteiger partial charge in [0.1, 0.15) is 16.5 Å². The van der Waals surface area contributed by atoms with E-state index in [1.807, 2.05) is 30.0 Å². The van der Waals surface area contributed by atoms with Crippen molar-refractivity contribution in [3.05, 3.63) is 47.8 Å². The average Bonchev–Trinajstić information content (AvgIpc) is 3.11. The Labute approximate surface area is 162 Å². The number of nitrogens with zero attached hydrogens (tertiary/aromatic N) is 3. The van der Waals surface area contributed by atoms with E-state index in [4.69, 9.17) is 4.74 Å². The van der Waals surface area contributed by atoms with Gasteiger partial charge in [0.25, 0.3) is 0 Å². The van der Waals surface area contributed by atoms with Gasteiger partial charge in [-0.15, -0.1) is 0 Å². The molecular formula is C19H21FN4O3S. The van der Waals surface area contributed by atoms with Crippen LogP contribution in [-0.2, 0) is 10.0 Å². The second-order valence-electron chi connectivity index (χ2n) is 6.77. The summed E-state index contributed by atoms with van der Waals surface area (Å²) in [7, 11) is -2.48. The van der Waals surface area contributed by atoms with Crippen molar-refractivity contribution in [1.29, 1.82) is 0 Å². The summed E-state index contributed by atoms with van der Waals surface area (Å²) in [5.74, 6) is 0.244. The molecule has 0 radical (unpaired) electrons. The second kappa shape index (κ2) is 7.06. The van der Waals surface area contributed by atoms with Crippen LogP contribution in [0.4, 0.5) is 10.3 Å². The maximum absolute atomic E-state index is 13.6. The fraction of sp³-hybridized carbons (Fsp3) is 0.316. The van der Waals surface area contributed by atoms with Crippen LogP contribution in [0.2, 0.25) is 0 Å². The van der Waals surface area contributed by atoms with Gasteiger partial charge in [-0.25, -0.2) is 17.8 Å². The minimum absolute atomic E-state index is 0.136. The van der Waals surface area contributed by atoms with Gasteiger partial charge in [0.2, 0.25) is 16.0 Å². The van der Waals surface area contributed by atoms with Crippen LogP contribution >= 0.6 is 0 Å². The highest BCUT2D eigenvalue weighted by molar-refractivity contribution is 7.89. The van der Waals surface area contributed by atoms with Gasteiger partial charge < -0.3 is 14.6 Å². The molecule has 4 rings (SSSR count). The third kappa shape index (κ3) is 3.31. The lowest BCUT2D eigenvalue weighted by molar-refractivity contribution is 0.372. The van der Waals surface area contributed by atoms with Crippen LogP contribution in [0.25, 0.3) is 11.0 Å². The Hall–Kier alpha value is -2.65. The van der Waals surface area contributed by atoms with Crippen LogP contribution in [0.3, 0.4) is 0 Å². The Morgan fingerprint density at radius 3 is 2.57 bits per heavy atom. The number of rotatable bonds is 4. The quantitative estimate of drug-likeness (QED) is 0.723. The molecular weight excluding hydrogens is 383 g/mol. The highest BCUT2D eigenvalue weighted by Crippen LogP contribution is 2.29. The van der Waals surface area contributed by atoms with Gasteiger partial charge in [0, 0.05) is 26.2 Å². The molecule has 3 aromatic rings. The molecule has 9 heteroatoms. The first-order valence-corrected chi connectivity index (χ1v) is 10.4. The Balaban J connectivity index is 1.54. The molecule has 0 unspecified atom stereocenters. The normalized spacial score (nSPS) is 15.9. The number of aromatic amines is 1. The number of hydrogen-bond acceptors (Lipinski definition) is 5. The third-order valence-electron chi connectivity index (χ3n) is 4.91. The minimum atomic E-state index is -3.85. The van der Waals surface area contributed by atoms with Gasteiger partial charge in [-0.05, 0) is 42.8 Å². The summed E-state index contributed by atoms with van der Waals surface area (Å²) in [5, 5.41) is 0.